The summed E-state index contributed by atoms with van der Waals surface area (Å²) in [6.45, 7) is 0. The summed E-state index contributed by atoms with van der Waals surface area (Å²) in [6.07, 6.45) is 0. The molecule has 0 aliphatic rings. The molecule has 0 aliphatic carbocycles. The standard InChI is InChI=1S/C34H18STe/c1-3-7-21-11-25-15-31-27(13-23(25)9-19(21)5-1)28-18-34-30(17-32(28)35-31)29-14-24-10-20-6-2-4-8-22(20)12-26(24)16-33(29)36-34/h1-18H. The molecule has 2 heterocycles. The molecule has 166 valence electrons. The van der Waals surface area contributed by atoms with Gasteiger partial charge in [0.1, 0.15) is 0 Å². The van der Waals surface area contributed by atoms with Gasteiger partial charge in [-0.05, 0) is 0 Å². The zero-order valence-corrected chi connectivity index (χ0v) is 22.4. The minimum absolute atomic E-state index is 0.401. The zero-order valence-electron chi connectivity index (χ0n) is 19.2. The average molecular weight is 586 g/mol. The fourth-order valence-electron chi connectivity index (χ4n) is 5.92. The first-order chi connectivity index (χ1) is 17.8. The molecule has 0 saturated carbocycles. The Morgan fingerprint density at radius 1 is 0.361 bits per heavy atom. The topological polar surface area (TPSA) is 0 Å². The van der Waals surface area contributed by atoms with Crippen molar-refractivity contribution in [2.45, 2.75) is 0 Å². The summed E-state index contributed by atoms with van der Waals surface area (Å²) in [7, 11) is 0. The van der Waals surface area contributed by atoms with Crippen molar-refractivity contribution in [3.8, 4) is 0 Å². The molecular weight excluding hydrogens is 568 g/mol. The quantitative estimate of drug-likeness (QED) is 0.123. The van der Waals surface area contributed by atoms with Gasteiger partial charge in [0, 0.05) is 0 Å². The van der Waals surface area contributed by atoms with Crippen LogP contribution in [0.4, 0.5) is 0 Å². The number of fused-ring (bicyclic) bond motifs is 10. The first-order valence-corrected chi connectivity index (χ1v) is 15.4. The molecule has 0 bridgehead atoms. The minimum atomic E-state index is -0.401. The summed E-state index contributed by atoms with van der Waals surface area (Å²) in [5.74, 6) is 0. The van der Waals surface area contributed by atoms with Crippen molar-refractivity contribution in [1.82, 2.24) is 0 Å². The van der Waals surface area contributed by atoms with Gasteiger partial charge in [-0.2, -0.15) is 0 Å². The van der Waals surface area contributed by atoms with Crippen molar-refractivity contribution < 1.29 is 0 Å². The van der Waals surface area contributed by atoms with Crippen molar-refractivity contribution in [2.24, 2.45) is 0 Å². The van der Waals surface area contributed by atoms with Crippen LogP contribution in [0.1, 0.15) is 0 Å². The first-order valence-electron chi connectivity index (χ1n) is 12.2. The Bertz CT molecular complexity index is 2200. The van der Waals surface area contributed by atoms with Gasteiger partial charge in [0.25, 0.3) is 0 Å². The van der Waals surface area contributed by atoms with Crippen molar-refractivity contribution in [2.75, 3.05) is 0 Å². The van der Waals surface area contributed by atoms with E-state index in [9.17, 15) is 0 Å². The SMILES string of the molecule is c1ccc2cc3cc4c(cc3cc2c1)sc1cc2c(cc14)[te]c1cc3cc4ccccc4cc3cc12. The van der Waals surface area contributed by atoms with Crippen LogP contribution in [0.25, 0.3) is 80.8 Å². The Morgan fingerprint density at radius 2 is 0.806 bits per heavy atom. The second-order valence-corrected chi connectivity index (χ2v) is 14.0. The Morgan fingerprint density at radius 3 is 1.44 bits per heavy atom. The Labute approximate surface area is 220 Å². The fourth-order valence-corrected chi connectivity index (χ4v) is 10.4. The van der Waals surface area contributed by atoms with Crippen LogP contribution in [0.2, 0.25) is 0 Å². The number of rotatable bonds is 0. The predicted octanol–water partition coefficient (Wildman–Crippen LogP) is 10.0. The van der Waals surface area contributed by atoms with Gasteiger partial charge in [0.2, 0.25) is 0 Å². The molecule has 36 heavy (non-hydrogen) atoms. The summed E-state index contributed by atoms with van der Waals surface area (Å²) >= 11 is 1.54. The van der Waals surface area contributed by atoms with Crippen molar-refractivity contribution >= 4 is 113 Å². The van der Waals surface area contributed by atoms with E-state index in [4.69, 9.17) is 0 Å². The molecule has 0 atom stereocenters. The van der Waals surface area contributed by atoms with E-state index in [0.717, 1.165) is 0 Å². The fraction of sp³-hybridized carbons (Fsp3) is 0. The molecule has 9 rings (SSSR count). The van der Waals surface area contributed by atoms with Crippen LogP contribution in [-0.2, 0) is 0 Å². The summed E-state index contributed by atoms with van der Waals surface area (Å²) in [6, 6.07) is 41.6. The van der Waals surface area contributed by atoms with Gasteiger partial charge >= 0.3 is 222 Å². The summed E-state index contributed by atoms with van der Waals surface area (Å²) in [4.78, 5) is 0. The van der Waals surface area contributed by atoms with E-state index in [2.05, 4.69) is 109 Å². The number of thiophene rings is 1. The third-order valence-electron chi connectivity index (χ3n) is 7.71. The van der Waals surface area contributed by atoms with Crippen molar-refractivity contribution in [3.63, 3.8) is 0 Å². The molecule has 0 unspecified atom stereocenters. The molecule has 2 heteroatoms. The van der Waals surface area contributed by atoms with Crippen LogP contribution in [0.15, 0.2) is 109 Å². The maximum absolute atomic E-state index is 2.53. The molecule has 0 nitrogen and oxygen atoms in total. The number of hydrogen-bond acceptors (Lipinski definition) is 1. The van der Waals surface area contributed by atoms with Gasteiger partial charge in [-0.1, -0.05) is 0 Å². The van der Waals surface area contributed by atoms with Crippen molar-refractivity contribution in [1.29, 1.82) is 0 Å². The normalized spacial score (nSPS) is 12.4. The Kier molecular flexibility index (Phi) is 3.89. The van der Waals surface area contributed by atoms with E-state index in [0.29, 0.717) is 0 Å². The first kappa shape index (κ1) is 19.7. The second kappa shape index (κ2) is 7.09. The van der Waals surface area contributed by atoms with Crippen LogP contribution < -0.4 is 0 Å². The molecule has 0 aliphatic heterocycles. The molecule has 7 aromatic carbocycles. The Balaban J connectivity index is 1.34. The molecule has 0 spiro atoms. The van der Waals surface area contributed by atoms with Gasteiger partial charge in [0.15, 0.2) is 0 Å². The van der Waals surface area contributed by atoms with Gasteiger partial charge in [-0.3, -0.25) is 0 Å². The van der Waals surface area contributed by atoms with Crippen LogP contribution in [-0.4, -0.2) is 20.4 Å². The van der Waals surface area contributed by atoms with E-state index in [-0.39, 0.29) is 0 Å². The van der Waals surface area contributed by atoms with Gasteiger partial charge in [0.05, 0.1) is 0 Å². The molecular formula is C34H18STe. The third kappa shape index (κ3) is 2.76. The summed E-state index contributed by atoms with van der Waals surface area (Å²) in [5, 5.41) is 16.4. The molecule has 0 fully saturated rings. The van der Waals surface area contributed by atoms with Crippen LogP contribution in [0.5, 0.6) is 0 Å². The van der Waals surface area contributed by atoms with Crippen LogP contribution >= 0.6 is 11.3 Å². The molecule has 0 amide bonds. The van der Waals surface area contributed by atoms with Crippen LogP contribution in [0, 0.1) is 0 Å². The monoisotopic (exact) mass is 588 g/mol. The van der Waals surface area contributed by atoms with E-state index in [1.807, 2.05) is 11.3 Å². The number of benzene rings is 7. The zero-order chi connectivity index (χ0) is 23.4. The molecule has 0 radical (unpaired) electrons. The second-order valence-electron chi connectivity index (χ2n) is 9.84. The van der Waals surface area contributed by atoms with Crippen LogP contribution in [0.3, 0.4) is 0 Å². The molecule has 2 aromatic heterocycles. The van der Waals surface area contributed by atoms with Gasteiger partial charge in [-0.25, -0.2) is 0 Å². The third-order valence-corrected chi connectivity index (χ3v) is 12.0. The molecule has 9 aromatic rings. The van der Waals surface area contributed by atoms with E-state index in [1.165, 1.54) is 74.0 Å². The number of hydrogen-bond donors (Lipinski definition) is 0. The van der Waals surface area contributed by atoms with E-state index < -0.39 is 20.4 Å². The molecule has 0 saturated heterocycles. The maximum atomic E-state index is 2.53. The van der Waals surface area contributed by atoms with E-state index >= 15 is 0 Å². The molecule has 0 N–H and O–H groups in total. The summed E-state index contributed by atoms with van der Waals surface area (Å²) < 4.78 is 5.96. The van der Waals surface area contributed by atoms with Gasteiger partial charge in [-0.15, -0.1) is 0 Å². The predicted molar refractivity (Wildman–Crippen MR) is 161 cm³/mol. The van der Waals surface area contributed by atoms with Gasteiger partial charge < -0.3 is 0 Å². The average Bonchev–Trinajstić information content (AvgIpc) is 3.42. The van der Waals surface area contributed by atoms with Crippen molar-refractivity contribution in [3.05, 3.63) is 109 Å². The van der Waals surface area contributed by atoms with E-state index in [1.54, 1.807) is 6.80 Å². The Hall–Kier alpha value is -3.41. The summed E-state index contributed by atoms with van der Waals surface area (Å²) in [5.41, 5.74) is 0.